The summed E-state index contributed by atoms with van der Waals surface area (Å²) < 4.78 is 40.2. The van der Waals surface area contributed by atoms with E-state index < -0.39 is 26.9 Å². The molecule has 2 aliphatic rings. The maximum atomic E-state index is 15.1. The minimum atomic E-state index is -2.45. The van der Waals surface area contributed by atoms with Gasteiger partial charge in [-0.25, -0.2) is 8.60 Å². The third-order valence-electron chi connectivity index (χ3n) is 7.05. The molecule has 1 fully saturated rings. The predicted octanol–water partition coefficient (Wildman–Crippen LogP) is 7.08. The lowest BCUT2D eigenvalue weighted by atomic mass is 9.96. The zero-order valence-electron chi connectivity index (χ0n) is 22.8. The van der Waals surface area contributed by atoms with Crippen molar-refractivity contribution in [3.63, 3.8) is 0 Å². The van der Waals surface area contributed by atoms with Gasteiger partial charge in [0.15, 0.2) is 0 Å². The minimum absolute atomic E-state index is 0.0712. The van der Waals surface area contributed by atoms with Gasteiger partial charge in [0.1, 0.15) is 11.5 Å². The van der Waals surface area contributed by atoms with Gasteiger partial charge in [-0.15, -0.1) is 0 Å². The quantitative estimate of drug-likeness (QED) is 0.213. The molecule has 2 amide bonds. The summed E-state index contributed by atoms with van der Waals surface area (Å²) in [6, 6.07) is 20.6. The molecule has 0 aliphatic carbocycles. The Balaban J connectivity index is 1.14. The summed E-state index contributed by atoms with van der Waals surface area (Å²) in [5, 5.41) is 0.720. The van der Waals surface area contributed by atoms with E-state index in [4.69, 9.17) is 9.47 Å². The van der Waals surface area contributed by atoms with Gasteiger partial charge in [-0.3, -0.25) is 14.9 Å². The standard InChI is InChI=1S/C32H32FNO5S2/c1-2-9-27-28(17-16-26-23(21-41(37)29(26)27)15-14-22-10-4-3-5-11-22)39-19-7-6-18-38-25-13-8-12-24(20-25)32(33)30(35)34-31(36)40-32/h3-5,8,10-13,16-17,20-21H,2,6-7,9,14-15,18-19H2,1H3,(H,34,35,36). The number of benzene rings is 3. The van der Waals surface area contributed by atoms with Gasteiger partial charge in [-0.1, -0.05) is 55.8 Å². The number of unbranched alkanes of at least 4 members (excludes halogenated alkanes) is 1. The Kier molecular flexibility index (Phi) is 9.25. The second-order valence-corrected chi connectivity index (χ2v) is 12.3. The molecule has 0 radical (unpaired) electrons. The lowest BCUT2D eigenvalue weighted by Crippen LogP contribution is -2.30. The number of alkyl halides is 1. The second-order valence-electron chi connectivity index (χ2n) is 9.97. The Hall–Kier alpha value is -3.43. The Labute approximate surface area is 246 Å². The van der Waals surface area contributed by atoms with Crippen molar-refractivity contribution in [1.82, 2.24) is 5.32 Å². The fraction of sp³-hybridized carbons (Fsp3) is 0.312. The van der Waals surface area contributed by atoms with Crippen LogP contribution in [0.25, 0.3) is 5.57 Å². The van der Waals surface area contributed by atoms with Crippen molar-refractivity contribution in [1.29, 1.82) is 0 Å². The van der Waals surface area contributed by atoms with Gasteiger partial charge in [-0.2, -0.15) is 0 Å². The van der Waals surface area contributed by atoms with E-state index in [1.165, 1.54) is 17.7 Å². The van der Waals surface area contributed by atoms with Crippen LogP contribution < -0.4 is 14.8 Å². The SMILES string of the molecule is CCCc1c(OCCCCOc2cccc(C3(F)SC(=O)NC3=O)c2)ccc2c1S(=O)C=C2CCc1ccccc1. The van der Waals surface area contributed by atoms with E-state index in [1.54, 1.807) is 12.1 Å². The summed E-state index contributed by atoms with van der Waals surface area (Å²) in [5.74, 6) is 0.231. The summed E-state index contributed by atoms with van der Waals surface area (Å²) in [5.41, 5.74) is 4.56. The number of thioether (sulfide) groups is 1. The molecular weight excluding hydrogens is 561 g/mol. The summed E-state index contributed by atoms with van der Waals surface area (Å²) in [7, 11) is -1.18. The molecular formula is C32H32FNO5S2. The monoisotopic (exact) mass is 593 g/mol. The average Bonchev–Trinajstić information content (AvgIpc) is 3.44. The summed E-state index contributed by atoms with van der Waals surface area (Å²) in [6.45, 7) is 2.97. The van der Waals surface area contributed by atoms with Crippen LogP contribution >= 0.6 is 11.8 Å². The number of aryl methyl sites for hydroxylation is 1. The van der Waals surface area contributed by atoms with Gasteiger partial charge in [0, 0.05) is 16.5 Å². The zero-order valence-corrected chi connectivity index (χ0v) is 24.5. The van der Waals surface area contributed by atoms with Crippen molar-refractivity contribution in [2.45, 2.75) is 55.3 Å². The molecule has 41 heavy (non-hydrogen) atoms. The van der Waals surface area contributed by atoms with Crippen molar-refractivity contribution < 1.29 is 27.7 Å². The largest absolute Gasteiger partial charge is 0.494 e. The van der Waals surface area contributed by atoms with Gasteiger partial charge in [0.25, 0.3) is 16.1 Å². The van der Waals surface area contributed by atoms with Gasteiger partial charge in [-0.05, 0) is 84.8 Å². The van der Waals surface area contributed by atoms with Crippen LogP contribution in [-0.4, -0.2) is 28.6 Å². The van der Waals surface area contributed by atoms with Gasteiger partial charge in [0.05, 0.1) is 28.9 Å². The number of nitrogens with one attached hydrogen (secondary N) is 1. The Bertz CT molecular complexity index is 1490. The normalized spacial score (nSPS) is 19.6. The van der Waals surface area contributed by atoms with Crippen LogP contribution in [0.3, 0.4) is 0 Å². The van der Waals surface area contributed by atoms with Crippen LogP contribution in [0.1, 0.15) is 54.9 Å². The number of imide groups is 1. The molecule has 2 unspecified atom stereocenters. The molecule has 1 N–H and O–H groups in total. The molecule has 0 bridgehead atoms. The molecule has 0 saturated carbocycles. The topological polar surface area (TPSA) is 81.7 Å². The molecule has 2 atom stereocenters. The average molecular weight is 594 g/mol. The van der Waals surface area contributed by atoms with E-state index in [2.05, 4.69) is 19.1 Å². The molecule has 0 spiro atoms. The van der Waals surface area contributed by atoms with Crippen molar-refractivity contribution in [2.75, 3.05) is 13.2 Å². The van der Waals surface area contributed by atoms with Gasteiger partial charge >= 0.3 is 0 Å². The van der Waals surface area contributed by atoms with Crippen LogP contribution in [-0.2, 0) is 33.4 Å². The fourth-order valence-electron chi connectivity index (χ4n) is 5.01. The van der Waals surface area contributed by atoms with Crippen molar-refractivity contribution >= 4 is 39.3 Å². The number of carbonyl (C=O) groups is 2. The number of halogens is 1. The molecule has 2 aliphatic heterocycles. The van der Waals surface area contributed by atoms with Crippen molar-refractivity contribution in [3.8, 4) is 11.5 Å². The maximum absolute atomic E-state index is 15.1. The first-order valence-electron chi connectivity index (χ1n) is 13.8. The molecule has 5 rings (SSSR count). The Morgan fingerprint density at radius 1 is 0.927 bits per heavy atom. The van der Waals surface area contributed by atoms with Crippen LogP contribution in [0, 0.1) is 0 Å². The number of fused-ring (bicyclic) bond motifs is 1. The highest BCUT2D eigenvalue weighted by atomic mass is 32.2. The van der Waals surface area contributed by atoms with Gasteiger partial charge < -0.3 is 9.47 Å². The molecule has 0 aromatic heterocycles. The van der Waals surface area contributed by atoms with E-state index in [1.807, 2.05) is 41.1 Å². The first-order valence-corrected chi connectivity index (χ1v) is 15.8. The fourth-order valence-corrected chi connectivity index (χ4v) is 7.28. The number of allylic oxidation sites excluding steroid dienone is 1. The van der Waals surface area contributed by atoms with E-state index >= 15 is 4.39 Å². The van der Waals surface area contributed by atoms with Crippen LogP contribution in [0.4, 0.5) is 9.18 Å². The summed E-state index contributed by atoms with van der Waals surface area (Å²) in [6.07, 6.45) is 4.88. The smallest absolute Gasteiger partial charge is 0.289 e. The third kappa shape index (κ3) is 6.57. The highest BCUT2D eigenvalue weighted by Crippen LogP contribution is 2.44. The molecule has 3 aromatic rings. The molecule has 9 heteroatoms. The first-order chi connectivity index (χ1) is 19.9. The van der Waals surface area contributed by atoms with Crippen LogP contribution in [0.5, 0.6) is 11.5 Å². The summed E-state index contributed by atoms with van der Waals surface area (Å²) in [4.78, 5) is 24.2. The lowest BCUT2D eigenvalue weighted by Gasteiger charge is -2.16. The minimum Gasteiger partial charge on any atom is -0.494 e. The number of hydrogen-bond acceptors (Lipinski definition) is 6. The van der Waals surface area contributed by atoms with E-state index in [0.29, 0.717) is 37.1 Å². The van der Waals surface area contributed by atoms with Crippen molar-refractivity contribution in [3.05, 3.63) is 94.4 Å². The molecule has 6 nitrogen and oxygen atoms in total. The third-order valence-corrected chi connectivity index (χ3v) is 9.41. The zero-order chi connectivity index (χ0) is 28.8. The van der Waals surface area contributed by atoms with Crippen LogP contribution in [0.15, 0.2) is 77.0 Å². The molecule has 214 valence electrons. The Morgan fingerprint density at radius 3 is 2.44 bits per heavy atom. The lowest BCUT2D eigenvalue weighted by molar-refractivity contribution is -0.126. The molecule has 3 aromatic carbocycles. The van der Waals surface area contributed by atoms with Crippen molar-refractivity contribution in [2.24, 2.45) is 0 Å². The molecule has 2 heterocycles. The number of rotatable bonds is 13. The Morgan fingerprint density at radius 2 is 1.71 bits per heavy atom. The highest BCUT2D eigenvalue weighted by molar-refractivity contribution is 8.15. The molecule has 1 saturated heterocycles. The highest BCUT2D eigenvalue weighted by Gasteiger charge is 2.50. The number of hydrogen-bond donors (Lipinski definition) is 1. The van der Waals surface area contributed by atoms with Crippen LogP contribution in [0.2, 0.25) is 0 Å². The number of carbonyl (C=O) groups excluding carboxylic acids is 2. The maximum Gasteiger partial charge on any atom is 0.289 e. The van der Waals surface area contributed by atoms with E-state index in [0.717, 1.165) is 59.4 Å². The second kappa shape index (κ2) is 13.0. The first kappa shape index (κ1) is 29.1. The number of ether oxygens (including phenoxy) is 2. The van der Waals surface area contributed by atoms with E-state index in [-0.39, 0.29) is 5.56 Å². The number of amides is 2. The van der Waals surface area contributed by atoms with E-state index in [9.17, 15) is 13.8 Å². The summed E-state index contributed by atoms with van der Waals surface area (Å²) >= 11 is 0.323. The predicted molar refractivity (Wildman–Crippen MR) is 160 cm³/mol. The van der Waals surface area contributed by atoms with Gasteiger partial charge in [0.2, 0.25) is 0 Å².